The second-order valence-corrected chi connectivity index (χ2v) is 6.53. The minimum atomic E-state index is -2.65. The molecule has 5 heteroatoms. The van der Waals surface area contributed by atoms with E-state index in [-0.39, 0.29) is 26.8 Å². The molecule has 4 nitrogen and oxygen atoms in total. The third-order valence-corrected chi connectivity index (χ3v) is 5.55. The van der Waals surface area contributed by atoms with Gasteiger partial charge in [-0.2, -0.15) is 0 Å². The topological polar surface area (TPSA) is 60.4 Å². The first kappa shape index (κ1) is 9.63. The zero-order valence-electron chi connectivity index (χ0n) is 6.63. The van der Waals surface area contributed by atoms with Crippen molar-refractivity contribution in [3.63, 3.8) is 0 Å². The van der Waals surface area contributed by atoms with Gasteiger partial charge in [0.2, 0.25) is 0 Å². The van der Waals surface area contributed by atoms with Crippen LogP contribution in [0.15, 0.2) is 0 Å². The maximum atomic E-state index is 11.0. The molecule has 1 heterocycles. The van der Waals surface area contributed by atoms with Crippen molar-refractivity contribution in [1.82, 2.24) is 0 Å². The predicted molar refractivity (Wildman–Crippen MR) is 49.7 cm³/mol. The van der Waals surface area contributed by atoms with Crippen molar-refractivity contribution in [3.8, 4) is 0 Å². The summed E-state index contributed by atoms with van der Waals surface area (Å²) in [6.07, 6.45) is 0.788. The molecular weight excluding hydrogens is 275 g/mol. The monoisotopic (exact) mass is 284 g/mol. The summed E-state index contributed by atoms with van der Waals surface area (Å²) in [5, 5.41) is 0. The van der Waals surface area contributed by atoms with E-state index in [2.05, 4.69) is 0 Å². The summed E-state index contributed by atoms with van der Waals surface area (Å²) < 4.78 is 4.56. The van der Waals surface area contributed by atoms with Crippen LogP contribution in [0.4, 0.5) is 0 Å². The normalized spacial score (nSPS) is 19.9. The van der Waals surface area contributed by atoms with Crippen LogP contribution in [0.2, 0.25) is 0 Å². The Hall–Kier alpha value is -0.460. The standard InChI is InChI=1S/C7H9IO4/c1-2-7(11)12-8-5(9)3-4-6(8)10/h2-4H2,1H3. The Morgan fingerprint density at radius 3 is 2.33 bits per heavy atom. The molecule has 1 fully saturated rings. The van der Waals surface area contributed by atoms with Gasteiger partial charge in [-0.1, -0.05) is 0 Å². The van der Waals surface area contributed by atoms with E-state index in [9.17, 15) is 14.4 Å². The van der Waals surface area contributed by atoms with E-state index in [4.69, 9.17) is 3.07 Å². The molecule has 12 heavy (non-hydrogen) atoms. The molecule has 1 aliphatic heterocycles. The molecule has 0 bridgehead atoms. The quantitative estimate of drug-likeness (QED) is 0.565. The third kappa shape index (κ3) is 2.02. The Labute approximate surface area is 77.6 Å². The molecule has 0 radical (unpaired) electrons. The van der Waals surface area contributed by atoms with E-state index in [1.54, 1.807) is 6.92 Å². The Bertz CT molecular complexity index is 220. The molecule has 1 rings (SSSR count). The molecule has 0 aromatic carbocycles. The summed E-state index contributed by atoms with van der Waals surface area (Å²) in [7, 11) is 0. The maximum absolute atomic E-state index is 11.0. The first-order valence-corrected chi connectivity index (χ1v) is 6.65. The molecule has 0 amide bonds. The molecule has 1 aliphatic rings. The van der Waals surface area contributed by atoms with E-state index < -0.39 is 26.2 Å². The Morgan fingerprint density at radius 1 is 1.42 bits per heavy atom. The average molecular weight is 284 g/mol. The average Bonchev–Trinajstić information content (AvgIpc) is 2.35. The van der Waals surface area contributed by atoms with E-state index in [1.807, 2.05) is 0 Å². The van der Waals surface area contributed by atoms with Crippen molar-refractivity contribution < 1.29 is 17.4 Å². The number of rotatable bonds is 2. The summed E-state index contributed by atoms with van der Waals surface area (Å²) in [5.74, 6) is -0.427. The van der Waals surface area contributed by atoms with E-state index in [1.165, 1.54) is 0 Å². The van der Waals surface area contributed by atoms with Gasteiger partial charge in [0.05, 0.1) is 0 Å². The number of hydrogen-bond acceptors (Lipinski definition) is 4. The van der Waals surface area contributed by atoms with Gasteiger partial charge >= 0.3 is 77.4 Å². The number of halogens is 1. The zero-order valence-corrected chi connectivity index (χ0v) is 8.79. The molecule has 0 saturated carbocycles. The van der Waals surface area contributed by atoms with Gasteiger partial charge in [0.15, 0.2) is 0 Å². The van der Waals surface area contributed by atoms with Crippen LogP contribution >= 0.6 is 20.2 Å². The molecule has 0 atom stereocenters. The Morgan fingerprint density at radius 2 is 1.92 bits per heavy atom. The molecule has 1 saturated heterocycles. The number of carbonyl (C=O) groups excluding carboxylic acids is 3. The van der Waals surface area contributed by atoms with Gasteiger partial charge in [0.25, 0.3) is 0 Å². The van der Waals surface area contributed by atoms with Gasteiger partial charge in [-0.15, -0.1) is 0 Å². The van der Waals surface area contributed by atoms with Gasteiger partial charge in [-0.05, 0) is 0 Å². The molecule has 0 spiro atoms. The van der Waals surface area contributed by atoms with Crippen molar-refractivity contribution in [2.75, 3.05) is 0 Å². The SMILES string of the molecule is CCC(=O)OI1C(=O)CCC1=O. The second kappa shape index (κ2) is 3.97. The van der Waals surface area contributed by atoms with Crippen molar-refractivity contribution >= 4 is 33.8 Å². The van der Waals surface area contributed by atoms with E-state index in [0.717, 1.165) is 0 Å². The molecule has 68 valence electrons. The number of carbonyl (C=O) groups is 3. The van der Waals surface area contributed by atoms with Crippen molar-refractivity contribution in [2.45, 2.75) is 26.2 Å². The number of hydrogen-bond donors (Lipinski definition) is 0. The summed E-state index contributed by atoms with van der Waals surface area (Å²) in [6.45, 7) is 1.64. The summed E-state index contributed by atoms with van der Waals surface area (Å²) in [5.41, 5.74) is 0. The van der Waals surface area contributed by atoms with Crippen LogP contribution in [0.5, 0.6) is 0 Å². The second-order valence-electron chi connectivity index (χ2n) is 2.26. The molecule has 0 unspecified atom stereocenters. The molecule has 0 aromatic rings. The van der Waals surface area contributed by atoms with E-state index >= 15 is 0 Å². The first-order valence-electron chi connectivity index (χ1n) is 3.62. The molecular formula is C7H9IO4. The molecule has 0 aliphatic carbocycles. The summed E-state index contributed by atoms with van der Waals surface area (Å²) >= 11 is -2.65. The van der Waals surface area contributed by atoms with Crippen molar-refractivity contribution in [2.24, 2.45) is 0 Å². The fraction of sp³-hybridized carbons (Fsp3) is 0.571. The van der Waals surface area contributed by atoms with E-state index in [0.29, 0.717) is 0 Å². The van der Waals surface area contributed by atoms with Gasteiger partial charge in [0, 0.05) is 0 Å². The van der Waals surface area contributed by atoms with Gasteiger partial charge in [-0.3, -0.25) is 0 Å². The summed E-state index contributed by atoms with van der Waals surface area (Å²) in [4.78, 5) is 32.8. The minimum absolute atomic E-state index is 0.119. The van der Waals surface area contributed by atoms with Crippen LogP contribution in [0.1, 0.15) is 26.2 Å². The van der Waals surface area contributed by atoms with Crippen molar-refractivity contribution in [1.29, 1.82) is 0 Å². The van der Waals surface area contributed by atoms with Crippen LogP contribution < -0.4 is 0 Å². The molecule has 0 aromatic heterocycles. The zero-order chi connectivity index (χ0) is 9.14. The third-order valence-electron chi connectivity index (χ3n) is 1.35. The van der Waals surface area contributed by atoms with Gasteiger partial charge < -0.3 is 0 Å². The summed E-state index contributed by atoms with van der Waals surface area (Å²) in [6, 6.07) is 0. The van der Waals surface area contributed by atoms with Gasteiger partial charge in [0.1, 0.15) is 0 Å². The van der Waals surface area contributed by atoms with Crippen LogP contribution in [0.25, 0.3) is 0 Å². The Kier molecular flexibility index (Phi) is 3.19. The van der Waals surface area contributed by atoms with Crippen LogP contribution in [0.3, 0.4) is 0 Å². The van der Waals surface area contributed by atoms with Crippen LogP contribution in [-0.4, -0.2) is 13.5 Å². The predicted octanol–water partition coefficient (Wildman–Crippen LogP) is 1.21. The van der Waals surface area contributed by atoms with Crippen molar-refractivity contribution in [3.05, 3.63) is 0 Å². The fourth-order valence-corrected chi connectivity index (χ4v) is 4.20. The fourth-order valence-electron chi connectivity index (χ4n) is 0.712. The Balaban J connectivity index is 2.56. The van der Waals surface area contributed by atoms with Crippen LogP contribution in [0, 0.1) is 0 Å². The van der Waals surface area contributed by atoms with Gasteiger partial charge in [-0.25, -0.2) is 0 Å². The first-order chi connectivity index (χ1) is 5.65. The van der Waals surface area contributed by atoms with Crippen LogP contribution in [-0.2, 0) is 17.4 Å². The molecule has 0 N–H and O–H groups in total.